The number of unbranched alkanes of at least 4 members (excludes halogenated alkanes) is 1. The lowest BCUT2D eigenvalue weighted by atomic mass is 9.62. The Morgan fingerprint density at radius 1 is 0.967 bits per heavy atom. The molecule has 164 valence electrons. The number of nitrogens with zero attached hydrogens (tertiary/aromatic N) is 1. The van der Waals surface area contributed by atoms with Gasteiger partial charge in [-0.3, -0.25) is 14.5 Å². The topological polar surface area (TPSA) is 46.3 Å². The molecular weight excluding hydrogens is 374 g/mol. The van der Waals surface area contributed by atoms with Gasteiger partial charge in [0.1, 0.15) is 32.7 Å². The molecule has 1 aromatic carbocycles. The summed E-state index contributed by atoms with van der Waals surface area (Å²) in [7, 11) is 0. The SMILES string of the molecule is CC1(C)[C@@H]2CC[C@]1(C)C(=O)N(CCCC[NH+]1CC[NH+](Cc3ccccc3)CC1)C2=O. The zero-order valence-electron chi connectivity index (χ0n) is 19.0. The van der Waals surface area contributed by atoms with E-state index in [0.717, 1.165) is 38.8 Å². The third-order valence-electron chi connectivity index (χ3n) is 8.63. The van der Waals surface area contributed by atoms with Crippen LogP contribution < -0.4 is 9.80 Å². The average Bonchev–Trinajstić information content (AvgIpc) is 2.93. The van der Waals surface area contributed by atoms with Gasteiger partial charge in [0, 0.05) is 18.0 Å². The number of fused-ring (bicyclic) bond motifs is 2. The van der Waals surface area contributed by atoms with Gasteiger partial charge in [0.05, 0.1) is 12.0 Å². The molecular formula is C25H39N3O2+2. The third kappa shape index (κ3) is 3.82. The first-order valence-electron chi connectivity index (χ1n) is 11.9. The molecule has 2 N–H and O–H groups in total. The van der Waals surface area contributed by atoms with E-state index in [1.165, 1.54) is 31.7 Å². The summed E-state index contributed by atoms with van der Waals surface area (Å²) in [6, 6.07) is 10.8. The van der Waals surface area contributed by atoms with Gasteiger partial charge < -0.3 is 9.80 Å². The second-order valence-electron chi connectivity index (χ2n) is 10.6. The van der Waals surface area contributed by atoms with Crippen LogP contribution in [0.4, 0.5) is 0 Å². The molecule has 2 bridgehead atoms. The molecule has 1 aromatic rings. The zero-order chi connectivity index (χ0) is 21.4. The predicted molar refractivity (Wildman–Crippen MR) is 117 cm³/mol. The van der Waals surface area contributed by atoms with Gasteiger partial charge in [-0.05, 0) is 31.1 Å². The van der Waals surface area contributed by atoms with Crippen molar-refractivity contribution < 1.29 is 19.4 Å². The van der Waals surface area contributed by atoms with Crippen LogP contribution in [0.25, 0.3) is 0 Å². The lowest BCUT2D eigenvalue weighted by molar-refractivity contribution is -1.02. The van der Waals surface area contributed by atoms with Crippen molar-refractivity contribution in [3.8, 4) is 0 Å². The van der Waals surface area contributed by atoms with E-state index >= 15 is 0 Å². The monoisotopic (exact) mass is 413 g/mol. The molecule has 30 heavy (non-hydrogen) atoms. The second kappa shape index (κ2) is 8.43. The molecule has 5 nitrogen and oxygen atoms in total. The van der Waals surface area contributed by atoms with Gasteiger partial charge in [0.2, 0.25) is 11.8 Å². The number of benzene rings is 1. The summed E-state index contributed by atoms with van der Waals surface area (Å²) in [6.07, 6.45) is 3.74. The van der Waals surface area contributed by atoms with Crippen molar-refractivity contribution in [1.29, 1.82) is 0 Å². The molecule has 2 saturated heterocycles. The van der Waals surface area contributed by atoms with E-state index in [1.54, 1.807) is 14.7 Å². The van der Waals surface area contributed by atoms with Gasteiger partial charge in [-0.15, -0.1) is 0 Å². The fourth-order valence-corrected chi connectivity index (χ4v) is 6.03. The van der Waals surface area contributed by atoms with Gasteiger partial charge in [0.25, 0.3) is 0 Å². The number of likely N-dealkylation sites (tertiary alicyclic amines) is 1. The summed E-state index contributed by atoms with van der Waals surface area (Å²) in [5.74, 6) is 0.189. The van der Waals surface area contributed by atoms with Crippen molar-refractivity contribution >= 4 is 11.8 Å². The molecule has 0 radical (unpaired) electrons. The summed E-state index contributed by atoms with van der Waals surface area (Å²) < 4.78 is 0. The van der Waals surface area contributed by atoms with Crippen molar-refractivity contribution in [3.05, 3.63) is 35.9 Å². The first-order chi connectivity index (χ1) is 14.3. The van der Waals surface area contributed by atoms with Crippen LogP contribution in [-0.4, -0.2) is 56.0 Å². The maximum atomic E-state index is 13.1. The maximum absolute atomic E-state index is 13.1. The van der Waals surface area contributed by atoms with Crippen molar-refractivity contribution in [2.75, 3.05) is 39.3 Å². The Bertz CT molecular complexity index is 770. The third-order valence-corrected chi connectivity index (χ3v) is 8.63. The summed E-state index contributed by atoms with van der Waals surface area (Å²) in [6.45, 7) is 14.1. The van der Waals surface area contributed by atoms with Crippen LogP contribution in [0.2, 0.25) is 0 Å². The highest BCUT2D eigenvalue weighted by Gasteiger charge is 2.64. The number of hydrogen-bond acceptors (Lipinski definition) is 2. The highest BCUT2D eigenvalue weighted by atomic mass is 16.2. The number of rotatable bonds is 7. The Balaban J connectivity index is 1.19. The number of hydrogen-bond donors (Lipinski definition) is 2. The average molecular weight is 414 g/mol. The fourth-order valence-electron chi connectivity index (χ4n) is 6.03. The predicted octanol–water partition coefficient (Wildman–Crippen LogP) is 0.562. The van der Waals surface area contributed by atoms with Gasteiger partial charge in [-0.25, -0.2) is 0 Å². The normalized spacial score (nSPS) is 33.2. The first kappa shape index (κ1) is 21.5. The summed E-state index contributed by atoms with van der Waals surface area (Å²) in [5.41, 5.74) is 0.857. The largest absolute Gasteiger partial charge is 0.326 e. The van der Waals surface area contributed by atoms with E-state index in [4.69, 9.17) is 0 Å². The number of amides is 2. The Labute approximate surface area is 181 Å². The first-order valence-corrected chi connectivity index (χ1v) is 11.9. The van der Waals surface area contributed by atoms with Gasteiger partial charge in [-0.1, -0.05) is 51.1 Å². The Kier molecular flexibility index (Phi) is 6.04. The van der Waals surface area contributed by atoms with Gasteiger partial charge in [-0.2, -0.15) is 0 Å². The molecule has 2 atom stereocenters. The van der Waals surface area contributed by atoms with E-state index in [-0.39, 0.29) is 28.6 Å². The van der Waals surface area contributed by atoms with Crippen molar-refractivity contribution in [2.24, 2.45) is 16.7 Å². The quantitative estimate of drug-likeness (QED) is 0.507. The molecule has 3 aliphatic rings. The Hall–Kier alpha value is -1.72. The van der Waals surface area contributed by atoms with Crippen LogP contribution in [0, 0.1) is 16.7 Å². The number of carbonyl (C=O) groups excluding carboxylic acids is 2. The molecule has 2 aliphatic heterocycles. The van der Waals surface area contributed by atoms with E-state index in [9.17, 15) is 9.59 Å². The van der Waals surface area contributed by atoms with Crippen LogP contribution in [0.5, 0.6) is 0 Å². The Morgan fingerprint density at radius 2 is 1.63 bits per heavy atom. The molecule has 2 amide bonds. The lowest BCUT2D eigenvalue weighted by Crippen LogP contribution is -3.27. The molecule has 2 heterocycles. The van der Waals surface area contributed by atoms with E-state index in [1.807, 2.05) is 0 Å². The van der Waals surface area contributed by atoms with E-state index < -0.39 is 0 Å². The molecule has 0 aromatic heterocycles. The number of carbonyl (C=O) groups is 2. The van der Waals surface area contributed by atoms with Crippen LogP contribution in [0.1, 0.15) is 52.0 Å². The number of piperazine rings is 1. The smallest absolute Gasteiger partial charge is 0.235 e. The van der Waals surface area contributed by atoms with Crippen LogP contribution in [0.15, 0.2) is 30.3 Å². The molecule has 0 unspecified atom stereocenters. The minimum atomic E-state index is -0.366. The van der Waals surface area contributed by atoms with Crippen LogP contribution in [-0.2, 0) is 16.1 Å². The maximum Gasteiger partial charge on any atom is 0.235 e. The summed E-state index contributed by atoms with van der Waals surface area (Å²) in [5, 5.41) is 0. The highest BCUT2D eigenvalue weighted by molar-refractivity contribution is 6.03. The van der Waals surface area contributed by atoms with Crippen LogP contribution >= 0.6 is 0 Å². The van der Waals surface area contributed by atoms with Crippen molar-refractivity contribution in [1.82, 2.24) is 4.90 Å². The number of piperidine rings is 1. The molecule has 0 spiro atoms. The van der Waals surface area contributed by atoms with Crippen molar-refractivity contribution in [2.45, 2.75) is 53.0 Å². The van der Waals surface area contributed by atoms with E-state index in [0.29, 0.717) is 6.54 Å². The second-order valence-corrected chi connectivity index (χ2v) is 10.6. The fraction of sp³-hybridized carbons (Fsp3) is 0.680. The van der Waals surface area contributed by atoms with Crippen molar-refractivity contribution in [3.63, 3.8) is 0 Å². The number of imide groups is 1. The summed E-state index contributed by atoms with van der Waals surface area (Å²) in [4.78, 5) is 31.0. The zero-order valence-corrected chi connectivity index (χ0v) is 19.0. The van der Waals surface area contributed by atoms with Crippen LogP contribution in [0.3, 0.4) is 0 Å². The van der Waals surface area contributed by atoms with E-state index in [2.05, 4.69) is 51.1 Å². The van der Waals surface area contributed by atoms with Gasteiger partial charge in [0.15, 0.2) is 0 Å². The number of nitrogens with one attached hydrogen (secondary N) is 2. The highest BCUT2D eigenvalue weighted by Crippen LogP contribution is 2.60. The minimum absolute atomic E-state index is 0.0199. The lowest BCUT2D eigenvalue weighted by Gasteiger charge is -2.47. The van der Waals surface area contributed by atoms with Gasteiger partial charge >= 0.3 is 0 Å². The summed E-state index contributed by atoms with van der Waals surface area (Å²) >= 11 is 0. The number of quaternary nitrogens is 2. The minimum Gasteiger partial charge on any atom is -0.326 e. The standard InChI is InChI=1S/C25H37N3O2/c1-24(2)21-11-12-25(24,3)23(30)28(22(21)29)14-8-7-13-26-15-17-27(18-16-26)19-20-9-5-4-6-10-20/h4-6,9-10,21H,7-8,11-19H2,1-3H3/p+2/t21-,25-/m1/s1. The molecule has 1 saturated carbocycles. The Morgan fingerprint density at radius 3 is 2.33 bits per heavy atom. The molecule has 3 fully saturated rings. The molecule has 5 heteroatoms. The molecule has 4 rings (SSSR count). The molecule has 1 aliphatic carbocycles.